The lowest BCUT2D eigenvalue weighted by molar-refractivity contribution is -0.139. The molecule has 6 nitrogen and oxygen atoms in total. The molecule has 2 heterocycles. The van der Waals surface area contributed by atoms with Crippen LogP contribution in [0.3, 0.4) is 0 Å². The van der Waals surface area contributed by atoms with Crippen LogP contribution in [0.4, 0.5) is 23.7 Å². The average molecular weight is 467 g/mol. The van der Waals surface area contributed by atoms with Gasteiger partial charge in [-0.15, -0.1) is 0 Å². The molecule has 0 aromatic heterocycles. The van der Waals surface area contributed by atoms with Crippen molar-refractivity contribution in [2.45, 2.75) is 57.7 Å². The van der Waals surface area contributed by atoms with Gasteiger partial charge >= 0.3 is 12.2 Å². The molecule has 33 heavy (non-hydrogen) atoms. The van der Waals surface area contributed by atoms with Crippen molar-refractivity contribution in [2.75, 3.05) is 44.6 Å². The molecule has 1 unspecified atom stereocenters. The van der Waals surface area contributed by atoms with Crippen LogP contribution in [0, 0.1) is 5.41 Å². The summed E-state index contributed by atoms with van der Waals surface area (Å²) in [6.07, 6.45) is 3.07. The van der Waals surface area contributed by atoms with Crippen molar-refractivity contribution >= 4 is 17.6 Å². The van der Waals surface area contributed by atoms with Crippen LogP contribution in [0.25, 0.3) is 0 Å². The molecule has 2 saturated heterocycles. The molecule has 1 N–H and O–H groups in total. The van der Waals surface area contributed by atoms with Gasteiger partial charge in [0.25, 0.3) is 0 Å². The first kappa shape index (κ1) is 23.9. The smallest absolute Gasteiger partial charge is 0.339 e. The number of benzene rings is 1. The number of piperidine rings is 1. The molecular formula is C24H33F3N4O2. The predicted octanol–water partition coefficient (Wildman–Crippen LogP) is 4.43. The fourth-order valence-electron chi connectivity index (χ4n) is 4.93. The third kappa shape index (κ3) is 5.80. The number of hydrogen-bond acceptors (Lipinski definition) is 3. The maximum Gasteiger partial charge on any atom is 0.416 e. The molecule has 1 aromatic rings. The number of amides is 3. The van der Waals surface area contributed by atoms with Crippen molar-refractivity contribution < 1.29 is 22.8 Å². The highest BCUT2D eigenvalue weighted by molar-refractivity contribution is 5.94. The zero-order valence-electron chi connectivity index (χ0n) is 19.2. The van der Waals surface area contributed by atoms with E-state index < -0.39 is 23.8 Å². The number of nitrogens with zero attached hydrogens (tertiary/aromatic N) is 3. The molecule has 3 amide bonds. The number of carbonyl (C=O) groups excluding carboxylic acids is 2. The van der Waals surface area contributed by atoms with Crippen molar-refractivity contribution in [3.63, 3.8) is 0 Å². The standard InChI is InChI=1S/C24H33F3N4O2/c1-18-21(32)30(13-3-2-12-29-14-10-23(8-9-23)11-15-29)16-17-31(18)22(33)28-20-6-4-19(5-7-20)24(25,26)27/h4-7,18H,2-3,8-17H2,1H3,(H,28,33). The highest BCUT2D eigenvalue weighted by Crippen LogP contribution is 2.53. The van der Waals surface area contributed by atoms with Crippen LogP contribution in [0.1, 0.15) is 51.0 Å². The Balaban J connectivity index is 1.19. The number of rotatable bonds is 6. The van der Waals surface area contributed by atoms with Gasteiger partial charge in [0.1, 0.15) is 6.04 Å². The summed E-state index contributed by atoms with van der Waals surface area (Å²) in [7, 11) is 0. The van der Waals surface area contributed by atoms with Gasteiger partial charge in [-0.1, -0.05) is 0 Å². The van der Waals surface area contributed by atoms with Crippen molar-refractivity contribution in [3.8, 4) is 0 Å². The van der Waals surface area contributed by atoms with E-state index in [0.717, 1.165) is 31.5 Å². The molecule has 3 fully saturated rings. The highest BCUT2D eigenvalue weighted by Gasteiger charge is 2.44. The Hall–Kier alpha value is -2.29. The maximum absolute atomic E-state index is 12.8. The van der Waals surface area contributed by atoms with Gasteiger partial charge in [0, 0.05) is 25.3 Å². The van der Waals surface area contributed by atoms with Crippen molar-refractivity contribution in [3.05, 3.63) is 29.8 Å². The number of nitrogens with one attached hydrogen (secondary N) is 1. The Morgan fingerprint density at radius 3 is 2.24 bits per heavy atom. The van der Waals surface area contributed by atoms with E-state index in [1.807, 2.05) is 4.90 Å². The number of piperazine rings is 1. The molecule has 0 bridgehead atoms. The number of halogens is 3. The van der Waals surface area contributed by atoms with Gasteiger partial charge in [-0.05, 0) is 94.8 Å². The topological polar surface area (TPSA) is 55.9 Å². The quantitative estimate of drug-likeness (QED) is 0.632. The van der Waals surface area contributed by atoms with Crippen LogP contribution >= 0.6 is 0 Å². The SMILES string of the molecule is CC1C(=O)N(CCCCN2CCC3(CC2)CC3)CCN1C(=O)Nc1ccc(C(F)(F)F)cc1. The summed E-state index contributed by atoms with van der Waals surface area (Å²) in [6.45, 7) is 6.72. The summed E-state index contributed by atoms with van der Waals surface area (Å²) in [5.74, 6) is -0.0857. The van der Waals surface area contributed by atoms with E-state index in [-0.39, 0.29) is 11.6 Å². The Morgan fingerprint density at radius 2 is 1.64 bits per heavy atom. The molecule has 1 aliphatic carbocycles. The first-order valence-electron chi connectivity index (χ1n) is 11.9. The summed E-state index contributed by atoms with van der Waals surface area (Å²) in [4.78, 5) is 31.2. The summed E-state index contributed by atoms with van der Waals surface area (Å²) in [6, 6.07) is 3.21. The number of likely N-dealkylation sites (tertiary alicyclic amines) is 1. The molecule has 0 radical (unpaired) electrons. The van der Waals surface area contributed by atoms with E-state index in [2.05, 4.69) is 10.2 Å². The van der Waals surface area contributed by atoms with E-state index in [1.165, 1.54) is 55.8 Å². The Bertz CT molecular complexity index is 844. The van der Waals surface area contributed by atoms with Gasteiger partial charge < -0.3 is 20.0 Å². The van der Waals surface area contributed by atoms with Crippen molar-refractivity contribution in [1.29, 1.82) is 0 Å². The van der Waals surface area contributed by atoms with E-state index in [9.17, 15) is 22.8 Å². The van der Waals surface area contributed by atoms with Crippen molar-refractivity contribution in [2.24, 2.45) is 5.41 Å². The Morgan fingerprint density at radius 1 is 1.00 bits per heavy atom. The zero-order valence-corrected chi connectivity index (χ0v) is 19.2. The number of unbranched alkanes of at least 4 members (excludes halogenated alkanes) is 1. The fraction of sp³-hybridized carbons (Fsp3) is 0.667. The van der Waals surface area contributed by atoms with E-state index in [1.54, 1.807) is 6.92 Å². The van der Waals surface area contributed by atoms with Gasteiger partial charge in [-0.3, -0.25) is 4.79 Å². The summed E-state index contributed by atoms with van der Waals surface area (Å²) in [5.41, 5.74) is 0.183. The third-order valence-corrected chi connectivity index (χ3v) is 7.50. The van der Waals surface area contributed by atoms with E-state index in [0.29, 0.717) is 25.0 Å². The number of alkyl halides is 3. The number of anilines is 1. The lowest BCUT2D eigenvalue weighted by Crippen LogP contribution is -2.58. The van der Waals surface area contributed by atoms with Gasteiger partial charge in [0.15, 0.2) is 0 Å². The molecule has 1 atom stereocenters. The number of hydrogen-bond donors (Lipinski definition) is 1. The van der Waals surface area contributed by atoms with Crippen LogP contribution in [-0.2, 0) is 11.0 Å². The summed E-state index contributed by atoms with van der Waals surface area (Å²) < 4.78 is 38.1. The van der Waals surface area contributed by atoms with Crippen LogP contribution in [0.15, 0.2) is 24.3 Å². The highest BCUT2D eigenvalue weighted by atomic mass is 19.4. The van der Waals surface area contributed by atoms with Gasteiger partial charge in [0.2, 0.25) is 5.91 Å². The zero-order chi connectivity index (χ0) is 23.6. The lowest BCUT2D eigenvalue weighted by atomic mass is 9.93. The van der Waals surface area contributed by atoms with Crippen LogP contribution in [-0.4, -0.2) is 71.9 Å². The lowest BCUT2D eigenvalue weighted by Gasteiger charge is -2.39. The second-order valence-electron chi connectivity index (χ2n) is 9.75. The first-order valence-corrected chi connectivity index (χ1v) is 11.9. The number of urea groups is 1. The van der Waals surface area contributed by atoms with Crippen LogP contribution < -0.4 is 5.32 Å². The second kappa shape index (κ2) is 9.52. The fourth-order valence-corrected chi connectivity index (χ4v) is 4.93. The van der Waals surface area contributed by atoms with Crippen LogP contribution in [0.2, 0.25) is 0 Å². The Kier molecular flexibility index (Phi) is 6.88. The monoisotopic (exact) mass is 466 g/mol. The first-order chi connectivity index (χ1) is 15.7. The molecule has 4 rings (SSSR count). The molecular weight excluding hydrogens is 433 g/mol. The maximum atomic E-state index is 12.8. The summed E-state index contributed by atoms with van der Waals surface area (Å²) >= 11 is 0. The number of carbonyl (C=O) groups is 2. The third-order valence-electron chi connectivity index (χ3n) is 7.50. The minimum atomic E-state index is -4.42. The van der Waals surface area contributed by atoms with E-state index >= 15 is 0 Å². The molecule has 1 spiro atoms. The van der Waals surface area contributed by atoms with Crippen molar-refractivity contribution in [1.82, 2.24) is 14.7 Å². The van der Waals surface area contributed by atoms with Crippen LogP contribution in [0.5, 0.6) is 0 Å². The van der Waals surface area contributed by atoms with E-state index in [4.69, 9.17) is 0 Å². The molecule has 9 heteroatoms. The molecule has 3 aliphatic rings. The van der Waals surface area contributed by atoms with Gasteiger partial charge in [0.05, 0.1) is 5.56 Å². The predicted molar refractivity (Wildman–Crippen MR) is 120 cm³/mol. The molecule has 1 aromatic carbocycles. The largest absolute Gasteiger partial charge is 0.416 e. The molecule has 1 saturated carbocycles. The minimum absolute atomic E-state index is 0.0857. The van der Waals surface area contributed by atoms with Gasteiger partial charge in [-0.25, -0.2) is 4.79 Å². The minimum Gasteiger partial charge on any atom is -0.339 e. The summed E-state index contributed by atoms with van der Waals surface area (Å²) in [5, 5.41) is 2.60. The molecule has 2 aliphatic heterocycles. The second-order valence-corrected chi connectivity index (χ2v) is 9.75. The Labute approximate surface area is 193 Å². The van der Waals surface area contributed by atoms with Gasteiger partial charge in [-0.2, -0.15) is 13.2 Å². The normalized spacial score (nSPS) is 23.2. The average Bonchev–Trinajstić information content (AvgIpc) is 3.54. The molecule has 182 valence electrons.